The molecule has 0 atom stereocenters. The van der Waals surface area contributed by atoms with Crippen LogP contribution < -0.4 is 5.56 Å². The number of aromatic nitrogens is 4. The predicted octanol–water partition coefficient (Wildman–Crippen LogP) is 1.02. The first-order valence-corrected chi connectivity index (χ1v) is 6.90. The maximum Gasteiger partial charge on any atom is 0.249 e. The number of rotatable bonds is 1. The third-order valence-corrected chi connectivity index (χ3v) is 3.37. The van der Waals surface area contributed by atoms with E-state index in [-0.39, 0.29) is 5.56 Å². The summed E-state index contributed by atoms with van der Waals surface area (Å²) in [4.78, 5) is 16.9. The molecule has 0 aliphatic heterocycles. The van der Waals surface area contributed by atoms with Crippen LogP contribution in [0.2, 0.25) is 0 Å². The van der Waals surface area contributed by atoms with Gasteiger partial charge >= 0.3 is 0 Å². The Labute approximate surface area is 129 Å². The van der Waals surface area contributed by atoms with E-state index in [9.17, 15) is 4.79 Å². The van der Waals surface area contributed by atoms with E-state index in [2.05, 4.69) is 21.9 Å². The molecule has 3 rings (SSSR count). The monoisotopic (exact) mass is 288 g/mol. The van der Waals surface area contributed by atoms with Gasteiger partial charge in [-0.2, -0.15) is 5.10 Å². The second-order valence-electron chi connectivity index (χ2n) is 4.91. The normalized spacial score (nSPS) is 10.5. The Morgan fingerprint density at radius 3 is 2.82 bits per heavy atom. The molecule has 6 heteroatoms. The van der Waals surface area contributed by atoms with Crippen molar-refractivity contribution < 1.29 is 0 Å². The van der Waals surface area contributed by atoms with Crippen LogP contribution in [0.15, 0.2) is 35.4 Å². The average molecular weight is 288 g/mol. The summed E-state index contributed by atoms with van der Waals surface area (Å²) in [5.74, 6) is 6.56. The summed E-state index contributed by atoms with van der Waals surface area (Å²) in [7, 11) is 7.64. The summed E-state index contributed by atoms with van der Waals surface area (Å²) in [5.41, 5.74) is 1.73. The molecule has 0 saturated heterocycles. The summed E-state index contributed by atoms with van der Waals surface area (Å²) in [6.07, 6.45) is 4.08. The maximum absolute atomic E-state index is 12.5. The van der Waals surface area contributed by atoms with Crippen LogP contribution in [0, 0.1) is 11.8 Å². The highest BCUT2D eigenvalue weighted by Gasteiger charge is 2.09. The van der Waals surface area contributed by atoms with Gasteiger partial charge in [0.1, 0.15) is 0 Å². The molecule has 2 heterocycles. The highest BCUT2D eigenvalue weighted by Crippen LogP contribution is 2.13. The molecule has 0 saturated carbocycles. The van der Waals surface area contributed by atoms with Gasteiger partial charge in [0.2, 0.25) is 13.5 Å². The minimum absolute atomic E-state index is 0.280. The lowest BCUT2D eigenvalue weighted by atomic mass is 10.1. The minimum atomic E-state index is -0.280. The average Bonchev–Trinajstić information content (AvgIpc) is 2.94. The molecule has 0 aliphatic carbocycles. The van der Waals surface area contributed by atoms with Crippen molar-refractivity contribution >= 4 is 18.9 Å². The Balaban J connectivity index is 2.21. The summed E-state index contributed by atoms with van der Waals surface area (Å²) >= 11 is 0. The fraction of sp³-hybridized carbons (Fsp3) is 0.188. The molecule has 3 aromatic rings. The Morgan fingerprint density at radius 2 is 2.14 bits per heavy atom. The lowest BCUT2D eigenvalue weighted by molar-refractivity contribution is 0.767. The molecule has 0 unspecified atom stereocenters. The molecule has 106 valence electrons. The van der Waals surface area contributed by atoms with Crippen LogP contribution >= 0.6 is 0 Å². The van der Waals surface area contributed by atoms with Gasteiger partial charge in [-0.1, -0.05) is 24.8 Å². The predicted molar refractivity (Wildman–Crippen MR) is 85.7 cm³/mol. The number of benzene rings is 1. The van der Waals surface area contributed by atoms with Gasteiger partial charge in [-0.05, 0) is 12.1 Å². The molecular formula is C16H13BN4O. The van der Waals surface area contributed by atoms with Gasteiger partial charge in [0, 0.05) is 25.2 Å². The first-order valence-electron chi connectivity index (χ1n) is 6.90. The second kappa shape index (κ2) is 5.53. The third-order valence-electron chi connectivity index (χ3n) is 3.37. The first-order chi connectivity index (χ1) is 10.6. The smallest absolute Gasteiger partial charge is 0.249 e. The molecule has 2 radical (unpaired) electrons. The molecule has 0 N–H and O–H groups in total. The Bertz CT molecular complexity index is 975. The van der Waals surface area contributed by atoms with Gasteiger partial charge in [-0.15, -0.1) is 0 Å². The number of fused-ring (bicyclic) bond motifs is 1. The first kappa shape index (κ1) is 14.1. The Morgan fingerprint density at radius 1 is 1.32 bits per heavy atom. The summed E-state index contributed by atoms with van der Waals surface area (Å²) < 4.78 is 2.77. The highest BCUT2D eigenvalue weighted by atomic mass is 16.1. The summed E-state index contributed by atoms with van der Waals surface area (Å²) in [5, 5.41) is 4.50. The van der Waals surface area contributed by atoms with E-state index in [1.165, 1.54) is 0 Å². The zero-order valence-electron chi connectivity index (χ0n) is 12.4. The molecule has 0 bridgehead atoms. The number of aryl methyl sites for hydroxylation is 2. The van der Waals surface area contributed by atoms with Crippen LogP contribution in [-0.4, -0.2) is 27.2 Å². The van der Waals surface area contributed by atoms with Crippen molar-refractivity contribution in [3.05, 3.63) is 57.9 Å². The molecule has 22 heavy (non-hydrogen) atoms. The number of hydrogen-bond donors (Lipinski definition) is 0. The molecule has 0 aliphatic rings. The van der Waals surface area contributed by atoms with Crippen LogP contribution in [0.5, 0.6) is 0 Å². The van der Waals surface area contributed by atoms with Crippen LogP contribution in [0.1, 0.15) is 23.9 Å². The van der Waals surface area contributed by atoms with Crippen LogP contribution in [0.4, 0.5) is 0 Å². The second-order valence-corrected chi connectivity index (χ2v) is 4.91. The van der Waals surface area contributed by atoms with Crippen molar-refractivity contribution in [3.8, 4) is 11.8 Å². The van der Waals surface area contributed by atoms with E-state index in [1.807, 2.05) is 26.2 Å². The summed E-state index contributed by atoms with van der Waals surface area (Å²) in [6, 6.07) is 5.42. The van der Waals surface area contributed by atoms with E-state index < -0.39 is 0 Å². The van der Waals surface area contributed by atoms with E-state index in [1.54, 1.807) is 23.0 Å². The molecule has 1 aromatic carbocycles. The van der Waals surface area contributed by atoms with Crippen molar-refractivity contribution in [1.82, 2.24) is 19.2 Å². The van der Waals surface area contributed by atoms with Gasteiger partial charge in [-0.25, -0.2) is 4.98 Å². The van der Waals surface area contributed by atoms with Crippen LogP contribution in [0.25, 0.3) is 10.9 Å². The zero-order valence-corrected chi connectivity index (χ0v) is 12.4. The quantitative estimate of drug-likeness (QED) is 0.496. The van der Waals surface area contributed by atoms with Gasteiger partial charge < -0.3 is 4.48 Å². The number of hydrogen-bond acceptors (Lipinski definition) is 3. The molecule has 2 aromatic heterocycles. The van der Waals surface area contributed by atoms with Crippen molar-refractivity contribution in [3.63, 3.8) is 0 Å². The van der Waals surface area contributed by atoms with Crippen molar-refractivity contribution in [2.75, 3.05) is 0 Å². The molecule has 5 nitrogen and oxygen atoms in total. The van der Waals surface area contributed by atoms with Crippen LogP contribution in [0.3, 0.4) is 0 Å². The maximum atomic E-state index is 12.5. The highest BCUT2D eigenvalue weighted by molar-refractivity contribution is 6.07. The van der Waals surface area contributed by atoms with E-state index in [0.29, 0.717) is 28.7 Å². The van der Waals surface area contributed by atoms with E-state index in [0.717, 1.165) is 10.0 Å². The fourth-order valence-electron chi connectivity index (χ4n) is 2.27. The molecular weight excluding hydrogens is 275 g/mol. The van der Waals surface area contributed by atoms with E-state index in [4.69, 9.17) is 7.98 Å². The van der Waals surface area contributed by atoms with Gasteiger partial charge in [-0.3, -0.25) is 9.48 Å². The lowest BCUT2D eigenvalue weighted by Crippen LogP contribution is -2.24. The van der Waals surface area contributed by atoms with Crippen molar-refractivity contribution in [1.29, 1.82) is 0 Å². The lowest BCUT2D eigenvalue weighted by Gasteiger charge is -2.08. The molecule has 0 fully saturated rings. The third kappa shape index (κ3) is 2.42. The molecule has 0 amide bonds. The Kier molecular flexibility index (Phi) is 3.55. The van der Waals surface area contributed by atoms with Crippen LogP contribution in [-0.2, 0) is 13.5 Å². The molecule has 0 spiro atoms. The number of nitrogens with zero attached hydrogens (tertiary/aromatic N) is 4. The SMILES string of the molecule is [B]n1c(CC)nc2cccc(C#Cc3cnn(C)c3)c2c1=O. The van der Waals surface area contributed by atoms with Gasteiger partial charge in [0.15, 0.2) is 0 Å². The fourth-order valence-corrected chi connectivity index (χ4v) is 2.27. The summed E-state index contributed by atoms with van der Waals surface area (Å²) in [6.45, 7) is 1.91. The minimum Gasteiger partial charge on any atom is -0.354 e. The zero-order chi connectivity index (χ0) is 15.7. The van der Waals surface area contributed by atoms with Gasteiger partial charge in [0.25, 0.3) is 0 Å². The largest absolute Gasteiger partial charge is 0.354 e. The topological polar surface area (TPSA) is 52.7 Å². The van der Waals surface area contributed by atoms with Gasteiger partial charge in [0.05, 0.1) is 28.5 Å². The standard InChI is InChI=1S/C16H13BN4O/c1-3-14-19-13-6-4-5-12(15(13)16(22)21(14)17)8-7-11-9-18-20(2)10-11/h4-6,9-10H,3H2,1-2H3. The van der Waals surface area contributed by atoms with Crippen molar-refractivity contribution in [2.24, 2.45) is 7.05 Å². The van der Waals surface area contributed by atoms with E-state index >= 15 is 0 Å². The van der Waals surface area contributed by atoms with Crippen molar-refractivity contribution in [2.45, 2.75) is 13.3 Å². The Hall–Kier alpha value is -2.81.